The van der Waals surface area contributed by atoms with Gasteiger partial charge in [0.25, 0.3) is 0 Å². The number of amides is 1. The van der Waals surface area contributed by atoms with E-state index in [1.54, 1.807) is 0 Å². The number of hydrogen-bond acceptors (Lipinski definition) is 7. The van der Waals surface area contributed by atoms with Crippen molar-refractivity contribution >= 4 is 33.5 Å². The van der Waals surface area contributed by atoms with Gasteiger partial charge in [-0.05, 0) is 67.7 Å². The number of fused-ring (bicyclic) bond motifs is 2. The summed E-state index contributed by atoms with van der Waals surface area (Å²) in [4.78, 5) is 24.3. The van der Waals surface area contributed by atoms with Crippen molar-refractivity contribution in [2.75, 3.05) is 44.2 Å². The van der Waals surface area contributed by atoms with E-state index >= 15 is 4.39 Å². The lowest BCUT2D eigenvalue weighted by Gasteiger charge is -2.54. The lowest BCUT2D eigenvalue weighted by molar-refractivity contribution is -0.133. The summed E-state index contributed by atoms with van der Waals surface area (Å²) < 4.78 is 62.1. The molecule has 13 heteroatoms. The van der Waals surface area contributed by atoms with Crippen LogP contribution in [-0.4, -0.2) is 77.0 Å². The molecule has 0 bridgehead atoms. The Kier molecular flexibility index (Phi) is 7.60. The molecule has 46 heavy (non-hydrogen) atoms. The van der Waals surface area contributed by atoms with E-state index in [2.05, 4.69) is 45.3 Å². The average Bonchev–Trinajstić information content (AvgIpc) is 3.37. The summed E-state index contributed by atoms with van der Waals surface area (Å²) in [5, 5.41) is 13.7. The Bertz CT molecular complexity index is 1860. The number of aryl methyl sites for hydroxylation is 1. The molecule has 2 aromatic heterocycles. The number of anilines is 1. The predicted octanol–water partition coefficient (Wildman–Crippen LogP) is 4.63. The number of nitrogens with one attached hydrogen (secondary N) is 1. The molecule has 5 heterocycles. The standard InChI is InChI=1S/C33H33F4N7O2/c1-20-22(3-5-27-25(20)10-23(12-38)44(27)15-24-13-39-28(45)16-46-24)14-42-8-6-32(7-9-42)17-43(18-32)31-29-26(40-19-41-31)4-2-21(30(29)34)11-33(35,36)37/h2-5,10,19,24H,6-9,11,13-18H2,1H3,(H,39,45). The van der Waals surface area contributed by atoms with Gasteiger partial charge in [0.2, 0.25) is 5.91 Å². The van der Waals surface area contributed by atoms with Crippen LogP contribution in [0.3, 0.4) is 0 Å². The normalized spacial score (nSPS) is 20.2. The van der Waals surface area contributed by atoms with Gasteiger partial charge in [0.15, 0.2) is 0 Å². The number of benzene rings is 2. The third-order valence-electron chi connectivity index (χ3n) is 9.80. The van der Waals surface area contributed by atoms with Crippen LogP contribution in [0.2, 0.25) is 0 Å². The van der Waals surface area contributed by atoms with Crippen molar-refractivity contribution in [3.8, 4) is 6.07 Å². The molecule has 7 rings (SSSR count). The Balaban J connectivity index is 1.01. The van der Waals surface area contributed by atoms with Gasteiger partial charge in [-0.15, -0.1) is 0 Å². The summed E-state index contributed by atoms with van der Waals surface area (Å²) >= 11 is 0. The highest BCUT2D eigenvalue weighted by Gasteiger charge is 2.46. The van der Waals surface area contributed by atoms with E-state index in [1.807, 2.05) is 15.5 Å². The first-order valence-corrected chi connectivity index (χ1v) is 15.4. The number of nitrogens with zero attached hydrogens (tertiary/aromatic N) is 6. The van der Waals surface area contributed by atoms with Crippen LogP contribution in [0.5, 0.6) is 0 Å². The summed E-state index contributed by atoms with van der Waals surface area (Å²) in [5.41, 5.74) is 3.78. The maximum atomic E-state index is 15.3. The van der Waals surface area contributed by atoms with Gasteiger partial charge in [-0.3, -0.25) is 9.69 Å². The molecule has 0 aliphatic carbocycles. The Hall–Kier alpha value is -4.28. The van der Waals surface area contributed by atoms with Crippen molar-refractivity contribution in [1.29, 1.82) is 5.26 Å². The van der Waals surface area contributed by atoms with Crippen molar-refractivity contribution in [3.63, 3.8) is 0 Å². The highest BCUT2D eigenvalue weighted by Crippen LogP contribution is 2.44. The minimum absolute atomic E-state index is 0.0202. The molecule has 1 unspecified atom stereocenters. The van der Waals surface area contributed by atoms with Gasteiger partial charge in [-0.1, -0.05) is 12.1 Å². The Labute approximate surface area is 262 Å². The quantitative estimate of drug-likeness (QED) is 0.309. The van der Waals surface area contributed by atoms with E-state index in [-0.39, 0.29) is 29.4 Å². The van der Waals surface area contributed by atoms with E-state index in [0.29, 0.717) is 43.2 Å². The summed E-state index contributed by atoms with van der Waals surface area (Å²) in [6, 6.07) is 11.0. The van der Waals surface area contributed by atoms with Gasteiger partial charge in [0, 0.05) is 42.5 Å². The zero-order valence-electron chi connectivity index (χ0n) is 25.3. The van der Waals surface area contributed by atoms with E-state index in [0.717, 1.165) is 55.0 Å². The monoisotopic (exact) mass is 635 g/mol. The number of carbonyl (C=O) groups is 1. The molecule has 0 saturated carbocycles. The van der Waals surface area contributed by atoms with Crippen molar-refractivity contribution < 1.29 is 27.1 Å². The second-order valence-corrected chi connectivity index (χ2v) is 12.8. The number of ether oxygens (including phenoxy) is 1. The molecule has 1 N–H and O–H groups in total. The molecule has 1 spiro atoms. The van der Waals surface area contributed by atoms with Gasteiger partial charge >= 0.3 is 6.18 Å². The van der Waals surface area contributed by atoms with E-state index < -0.39 is 24.0 Å². The summed E-state index contributed by atoms with van der Waals surface area (Å²) in [7, 11) is 0. The molecular formula is C33H33F4N7O2. The molecule has 240 valence electrons. The topological polar surface area (TPSA) is 99.3 Å². The fourth-order valence-corrected chi connectivity index (χ4v) is 7.22. The van der Waals surface area contributed by atoms with Crippen LogP contribution in [0.4, 0.5) is 23.4 Å². The maximum Gasteiger partial charge on any atom is 0.393 e. The number of nitriles is 1. The second-order valence-electron chi connectivity index (χ2n) is 12.8. The number of morpholine rings is 1. The van der Waals surface area contributed by atoms with Crippen molar-refractivity contribution in [3.05, 3.63) is 64.9 Å². The second kappa shape index (κ2) is 11.5. The van der Waals surface area contributed by atoms with E-state index in [4.69, 9.17) is 4.74 Å². The zero-order chi connectivity index (χ0) is 32.2. The number of halogens is 4. The molecule has 1 atom stereocenters. The van der Waals surface area contributed by atoms with E-state index in [1.165, 1.54) is 18.0 Å². The Morgan fingerprint density at radius 1 is 1.13 bits per heavy atom. The first-order chi connectivity index (χ1) is 22.0. The van der Waals surface area contributed by atoms with Crippen molar-refractivity contribution in [2.24, 2.45) is 5.41 Å². The fraction of sp³-hybridized carbons (Fsp3) is 0.455. The minimum atomic E-state index is -4.51. The molecule has 1 amide bonds. The van der Waals surface area contributed by atoms with Crippen LogP contribution in [0.1, 0.15) is 35.2 Å². The summed E-state index contributed by atoms with van der Waals surface area (Å²) in [6.45, 7) is 6.86. The largest absolute Gasteiger partial charge is 0.393 e. The van der Waals surface area contributed by atoms with Crippen LogP contribution >= 0.6 is 0 Å². The van der Waals surface area contributed by atoms with Crippen LogP contribution in [0.25, 0.3) is 21.8 Å². The molecule has 2 aromatic carbocycles. The number of likely N-dealkylation sites (tertiary alicyclic amines) is 1. The molecule has 3 fully saturated rings. The fourth-order valence-electron chi connectivity index (χ4n) is 7.22. The van der Waals surface area contributed by atoms with E-state index in [9.17, 15) is 23.2 Å². The summed E-state index contributed by atoms with van der Waals surface area (Å²) in [6.07, 6.45) is -2.83. The molecule has 9 nitrogen and oxygen atoms in total. The highest BCUT2D eigenvalue weighted by molar-refractivity contribution is 5.91. The number of aromatic nitrogens is 3. The van der Waals surface area contributed by atoms with Gasteiger partial charge < -0.3 is 19.5 Å². The van der Waals surface area contributed by atoms with Crippen molar-refractivity contribution in [2.45, 2.75) is 51.6 Å². The number of carbonyl (C=O) groups excluding carboxylic acids is 1. The number of rotatable bonds is 6. The smallest absolute Gasteiger partial charge is 0.365 e. The molecule has 3 saturated heterocycles. The first kappa shape index (κ1) is 30.4. The van der Waals surface area contributed by atoms with Gasteiger partial charge in [-0.2, -0.15) is 18.4 Å². The lowest BCUT2D eigenvalue weighted by atomic mass is 9.72. The third kappa shape index (κ3) is 5.64. The molecule has 0 radical (unpaired) electrons. The van der Waals surface area contributed by atoms with Crippen LogP contribution in [0.15, 0.2) is 36.7 Å². The maximum absolute atomic E-state index is 15.3. The van der Waals surface area contributed by atoms with Crippen LogP contribution in [-0.2, 0) is 29.0 Å². The number of alkyl halides is 3. The van der Waals surface area contributed by atoms with Gasteiger partial charge in [0.05, 0.1) is 30.0 Å². The lowest BCUT2D eigenvalue weighted by Crippen LogP contribution is -2.60. The number of hydrogen-bond donors (Lipinski definition) is 1. The van der Waals surface area contributed by atoms with Crippen LogP contribution < -0.4 is 10.2 Å². The zero-order valence-corrected chi connectivity index (χ0v) is 25.3. The molecular weight excluding hydrogens is 602 g/mol. The molecule has 4 aromatic rings. The average molecular weight is 636 g/mol. The minimum Gasteiger partial charge on any atom is -0.365 e. The highest BCUT2D eigenvalue weighted by atomic mass is 19.4. The SMILES string of the molecule is Cc1c(CN2CCC3(CC2)CN(c2ncnc4ccc(CC(F)(F)F)c(F)c24)C3)ccc2c1cc(C#N)n2CC1CNC(=O)CO1. The predicted molar refractivity (Wildman–Crippen MR) is 163 cm³/mol. The van der Waals surface area contributed by atoms with Gasteiger partial charge in [0.1, 0.15) is 36.3 Å². The molecule has 3 aliphatic rings. The Morgan fingerprint density at radius 2 is 1.89 bits per heavy atom. The first-order valence-electron chi connectivity index (χ1n) is 15.4. The summed E-state index contributed by atoms with van der Waals surface area (Å²) in [5.74, 6) is -0.683. The van der Waals surface area contributed by atoms with Crippen molar-refractivity contribution in [1.82, 2.24) is 24.8 Å². The molecule has 3 aliphatic heterocycles. The number of piperidine rings is 1. The van der Waals surface area contributed by atoms with Gasteiger partial charge in [-0.25, -0.2) is 14.4 Å². The third-order valence-corrected chi connectivity index (χ3v) is 9.80. The Morgan fingerprint density at radius 3 is 2.59 bits per heavy atom. The van der Waals surface area contributed by atoms with Crippen LogP contribution in [0, 0.1) is 29.5 Å².